The van der Waals surface area contributed by atoms with E-state index >= 15 is 0 Å². The quantitative estimate of drug-likeness (QED) is 0.936. The molecule has 0 radical (unpaired) electrons. The van der Waals surface area contributed by atoms with Crippen LogP contribution in [0.15, 0.2) is 48.7 Å². The molecule has 23 heavy (non-hydrogen) atoms. The first-order valence-corrected chi connectivity index (χ1v) is 7.99. The van der Waals surface area contributed by atoms with Gasteiger partial charge in [-0.05, 0) is 17.7 Å². The summed E-state index contributed by atoms with van der Waals surface area (Å²) in [6, 6.07) is 12.5. The van der Waals surface area contributed by atoms with E-state index in [4.69, 9.17) is 17.3 Å². The number of piperazine rings is 1. The first-order valence-electron chi connectivity index (χ1n) is 7.61. The van der Waals surface area contributed by atoms with Crippen LogP contribution in [0.3, 0.4) is 0 Å². The van der Waals surface area contributed by atoms with E-state index in [1.165, 1.54) is 0 Å². The van der Waals surface area contributed by atoms with E-state index in [-0.39, 0.29) is 5.91 Å². The molecule has 0 unspecified atom stereocenters. The molecule has 1 aliphatic heterocycles. The van der Waals surface area contributed by atoms with Crippen LogP contribution in [0.2, 0.25) is 5.02 Å². The summed E-state index contributed by atoms with van der Waals surface area (Å²) < 4.78 is 0. The summed E-state index contributed by atoms with van der Waals surface area (Å²) in [6.07, 6.45) is 1.73. The van der Waals surface area contributed by atoms with Crippen LogP contribution >= 0.6 is 11.6 Å². The second-order valence-electron chi connectivity index (χ2n) is 5.51. The van der Waals surface area contributed by atoms with Crippen LogP contribution in [-0.4, -0.2) is 42.0 Å². The number of carbonyl (C=O) groups excluding carboxylic acids is 1. The largest absolute Gasteiger partial charge is 0.352 e. The lowest BCUT2D eigenvalue weighted by molar-refractivity contribution is -0.133. The van der Waals surface area contributed by atoms with Gasteiger partial charge in [0.25, 0.3) is 0 Å². The highest BCUT2D eigenvalue weighted by Gasteiger charge is 2.27. The Balaban J connectivity index is 1.63. The monoisotopic (exact) mass is 330 g/mol. The fourth-order valence-electron chi connectivity index (χ4n) is 2.75. The maximum atomic E-state index is 12.5. The summed E-state index contributed by atoms with van der Waals surface area (Å²) >= 11 is 6.18. The molecule has 1 amide bonds. The second kappa shape index (κ2) is 6.98. The third-order valence-corrected chi connectivity index (χ3v) is 4.35. The van der Waals surface area contributed by atoms with Crippen molar-refractivity contribution in [1.29, 1.82) is 0 Å². The van der Waals surface area contributed by atoms with E-state index in [1.54, 1.807) is 6.20 Å². The number of anilines is 1. The van der Waals surface area contributed by atoms with Crippen LogP contribution in [-0.2, 0) is 4.79 Å². The Kier molecular flexibility index (Phi) is 4.79. The molecular weight excluding hydrogens is 312 g/mol. The maximum absolute atomic E-state index is 12.5. The molecule has 1 aliphatic rings. The van der Waals surface area contributed by atoms with E-state index in [0.29, 0.717) is 31.2 Å². The number of aromatic nitrogens is 1. The van der Waals surface area contributed by atoms with Gasteiger partial charge < -0.3 is 15.5 Å². The average Bonchev–Trinajstić information content (AvgIpc) is 2.62. The van der Waals surface area contributed by atoms with Crippen LogP contribution in [0.4, 0.5) is 5.82 Å². The van der Waals surface area contributed by atoms with Crippen molar-refractivity contribution in [2.75, 3.05) is 31.1 Å². The predicted octanol–water partition coefficient (Wildman–Crippen LogP) is 2.08. The number of nitrogens with two attached hydrogens (primary N) is 1. The molecule has 1 aromatic heterocycles. The molecule has 2 aromatic rings. The van der Waals surface area contributed by atoms with E-state index < -0.39 is 6.04 Å². The van der Waals surface area contributed by atoms with Crippen molar-refractivity contribution in [3.05, 3.63) is 59.2 Å². The zero-order valence-corrected chi connectivity index (χ0v) is 13.5. The first-order chi connectivity index (χ1) is 11.2. The number of nitrogens with zero attached hydrogens (tertiary/aromatic N) is 3. The maximum Gasteiger partial charge on any atom is 0.244 e. The van der Waals surface area contributed by atoms with Gasteiger partial charge in [-0.25, -0.2) is 4.98 Å². The molecule has 1 fully saturated rings. The minimum absolute atomic E-state index is 0.0389. The van der Waals surface area contributed by atoms with Gasteiger partial charge in [0.1, 0.15) is 11.9 Å². The molecule has 2 heterocycles. The third-order valence-electron chi connectivity index (χ3n) is 4.05. The zero-order chi connectivity index (χ0) is 16.2. The van der Waals surface area contributed by atoms with E-state index in [1.807, 2.05) is 47.4 Å². The van der Waals surface area contributed by atoms with Gasteiger partial charge in [0.05, 0.1) is 5.02 Å². The van der Waals surface area contributed by atoms with Gasteiger partial charge in [-0.1, -0.05) is 41.9 Å². The Morgan fingerprint density at radius 2 is 1.78 bits per heavy atom. The molecule has 1 aromatic carbocycles. The molecule has 2 N–H and O–H groups in total. The molecule has 0 aliphatic carbocycles. The molecule has 1 atom stereocenters. The second-order valence-corrected chi connectivity index (χ2v) is 5.92. The smallest absolute Gasteiger partial charge is 0.244 e. The SMILES string of the molecule is N[C@@H](C(=O)N1CCN(c2ncccc2Cl)CC1)c1ccccc1. The Morgan fingerprint density at radius 1 is 1.09 bits per heavy atom. The molecule has 3 rings (SSSR count). The van der Waals surface area contributed by atoms with Gasteiger partial charge in [0.15, 0.2) is 0 Å². The van der Waals surface area contributed by atoms with Gasteiger partial charge in [0, 0.05) is 32.4 Å². The fourth-order valence-corrected chi connectivity index (χ4v) is 2.99. The van der Waals surface area contributed by atoms with Gasteiger partial charge in [-0.3, -0.25) is 4.79 Å². The fraction of sp³-hybridized carbons (Fsp3) is 0.294. The normalized spacial score (nSPS) is 16.3. The number of benzene rings is 1. The molecule has 0 spiro atoms. The van der Waals surface area contributed by atoms with Crippen molar-refractivity contribution in [2.24, 2.45) is 5.73 Å². The summed E-state index contributed by atoms with van der Waals surface area (Å²) in [5.41, 5.74) is 6.94. The molecule has 0 saturated carbocycles. The van der Waals surface area contributed by atoms with Crippen molar-refractivity contribution in [3.8, 4) is 0 Å². The van der Waals surface area contributed by atoms with Gasteiger partial charge in [-0.15, -0.1) is 0 Å². The summed E-state index contributed by atoms with van der Waals surface area (Å²) in [5, 5.41) is 0.633. The highest BCUT2D eigenvalue weighted by atomic mass is 35.5. The Labute approximate surface area is 140 Å². The topological polar surface area (TPSA) is 62.5 Å². The van der Waals surface area contributed by atoms with Gasteiger partial charge in [0.2, 0.25) is 5.91 Å². The van der Waals surface area contributed by atoms with Crippen molar-refractivity contribution in [2.45, 2.75) is 6.04 Å². The third kappa shape index (κ3) is 3.46. The molecule has 5 nitrogen and oxygen atoms in total. The number of rotatable bonds is 3. The number of pyridine rings is 1. The van der Waals surface area contributed by atoms with Crippen molar-refractivity contribution in [1.82, 2.24) is 9.88 Å². The minimum Gasteiger partial charge on any atom is -0.352 e. The van der Waals surface area contributed by atoms with Crippen molar-refractivity contribution >= 4 is 23.3 Å². The van der Waals surface area contributed by atoms with Crippen LogP contribution in [0.25, 0.3) is 0 Å². The molecule has 0 bridgehead atoms. The number of carbonyl (C=O) groups is 1. The number of halogens is 1. The van der Waals surface area contributed by atoms with Crippen molar-refractivity contribution in [3.63, 3.8) is 0 Å². The zero-order valence-electron chi connectivity index (χ0n) is 12.7. The van der Waals surface area contributed by atoms with Gasteiger partial charge >= 0.3 is 0 Å². The summed E-state index contributed by atoms with van der Waals surface area (Å²) in [5.74, 6) is 0.733. The van der Waals surface area contributed by atoms with Crippen LogP contribution in [0.1, 0.15) is 11.6 Å². The predicted molar refractivity (Wildman–Crippen MR) is 91.4 cm³/mol. The van der Waals surface area contributed by atoms with Crippen LogP contribution < -0.4 is 10.6 Å². The number of amides is 1. The summed E-state index contributed by atoms with van der Waals surface area (Å²) in [4.78, 5) is 20.8. The molecule has 1 saturated heterocycles. The number of hydrogen-bond donors (Lipinski definition) is 1. The lowest BCUT2D eigenvalue weighted by Crippen LogP contribution is -2.51. The summed E-state index contributed by atoms with van der Waals surface area (Å²) in [7, 11) is 0. The standard InChI is InChI=1S/C17H19ClN4O/c18-14-7-4-8-20-16(14)21-9-11-22(12-10-21)17(23)15(19)13-5-2-1-3-6-13/h1-8,15H,9-12,19H2/t15-/m1/s1. The molecule has 120 valence electrons. The molecular formula is C17H19ClN4O. The number of hydrogen-bond acceptors (Lipinski definition) is 4. The van der Waals surface area contributed by atoms with Crippen LogP contribution in [0.5, 0.6) is 0 Å². The van der Waals surface area contributed by atoms with Crippen LogP contribution in [0, 0.1) is 0 Å². The Bertz CT molecular complexity index is 671. The van der Waals surface area contributed by atoms with Gasteiger partial charge in [-0.2, -0.15) is 0 Å². The Hall–Kier alpha value is -2.11. The minimum atomic E-state index is -0.610. The van der Waals surface area contributed by atoms with Crippen molar-refractivity contribution < 1.29 is 4.79 Å². The van der Waals surface area contributed by atoms with E-state index in [9.17, 15) is 4.79 Å². The lowest BCUT2D eigenvalue weighted by Gasteiger charge is -2.36. The van der Waals surface area contributed by atoms with E-state index in [2.05, 4.69) is 9.88 Å². The average molecular weight is 331 g/mol. The highest BCUT2D eigenvalue weighted by molar-refractivity contribution is 6.32. The highest BCUT2D eigenvalue weighted by Crippen LogP contribution is 2.24. The first kappa shape index (κ1) is 15.8. The lowest BCUT2D eigenvalue weighted by atomic mass is 10.1. The van der Waals surface area contributed by atoms with E-state index in [0.717, 1.165) is 11.4 Å². The molecule has 6 heteroatoms. The summed E-state index contributed by atoms with van der Waals surface area (Å²) in [6.45, 7) is 2.63. The Morgan fingerprint density at radius 3 is 2.43 bits per heavy atom.